The van der Waals surface area contributed by atoms with Gasteiger partial charge in [-0.1, -0.05) is 18.2 Å². The first-order valence-corrected chi connectivity index (χ1v) is 7.80. The minimum atomic E-state index is 0.538. The van der Waals surface area contributed by atoms with Crippen LogP contribution in [-0.2, 0) is 6.54 Å². The van der Waals surface area contributed by atoms with Crippen molar-refractivity contribution in [2.24, 2.45) is 0 Å². The average Bonchev–Trinajstić information content (AvgIpc) is 3.06. The predicted molar refractivity (Wildman–Crippen MR) is 92.7 cm³/mol. The van der Waals surface area contributed by atoms with E-state index in [9.17, 15) is 0 Å². The standard InChI is InChI=1S/C19H16N4O/c1-2-7-18-17(6-1)22-14-23(18)11-12-24-19-9-8-15(13-21-19)16-5-3-4-10-20-16/h1-10,13-14H,11-12H2. The largest absolute Gasteiger partial charge is 0.476 e. The highest BCUT2D eigenvalue weighted by atomic mass is 16.5. The lowest BCUT2D eigenvalue weighted by molar-refractivity contribution is 0.289. The van der Waals surface area contributed by atoms with E-state index in [1.54, 1.807) is 12.4 Å². The highest BCUT2D eigenvalue weighted by molar-refractivity contribution is 5.74. The smallest absolute Gasteiger partial charge is 0.213 e. The van der Waals surface area contributed by atoms with E-state index < -0.39 is 0 Å². The molecule has 5 heteroatoms. The molecule has 0 spiro atoms. The van der Waals surface area contributed by atoms with Crippen molar-refractivity contribution in [3.8, 4) is 17.1 Å². The number of pyridine rings is 2. The molecule has 0 fully saturated rings. The summed E-state index contributed by atoms with van der Waals surface area (Å²) in [6.07, 6.45) is 5.39. The van der Waals surface area contributed by atoms with E-state index >= 15 is 0 Å². The zero-order valence-electron chi connectivity index (χ0n) is 13.0. The third-order valence-electron chi connectivity index (χ3n) is 3.81. The normalized spacial score (nSPS) is 10.8. The van der Waals surface area contributed by atoms with Gasteiger partial charge in [0.1, 0.15) is 6.61 Å². The van der Waals surface area contributed by atoms with Gasteiger partial charge in [0.2, 0.25) is 5.88 Å². The molecule has 4 rings (SSSR count). The summed E-state index contributed by atoms with van der Waals surface area (Å²) in [4.78, 5) is 13.0. The van der Waals surface area contributed by atoms with Crippen LogP contribution in [0.1, 0.15) is 0 Å². The van der Waals surface area contributed by atoms with E-state index in [-0.39, 0.29) is 0 Å². The van der Waals surface area contributed by atoms with Gasteiger partial charge in [-0.2, -0.15) is 0 Å². The second-order valence-electron chi connectivity index (χ2n) is 5.38. The summed E-state index contributed by atoms with van der Waals surface area (Å²) in [6, 6.07) is 17.7. The summed E-state index contributed by atoms with van der Waals surface area (Å²) >= 11 is 0. The van der Waals surface area contributed by atoms with Gasteiger partial charge < -0.3 is 9.30 Å². The first kappa shape index (κ1) is 14.4. The summed E-state index contributed by atoms with van der Waals surface area (Å²) in [6.45, 7) is 1.26. The zero-order valence-corrected chi connectivity index (χ0v) is 13.0. The van der Waals surface area contributed by atoms with Crippen molar-refractivity contribution in [3.05, 3.63) is 73.3 Å². The number of para-hydroxylation sites is 2. The SMILES string of the molecule is c1ccc(-c2ccc(OCCn3cnc4ccccc43)nc2)nc1. The fourth-order valence-corrected chi connectivity index (χ4v) is 2.59. The number of fused-ring (bicyclic) bond motifs is 1. The molecule has 3 aromatic heterocycles. The topological polar surface area (TPSA) is 52.8 Å². The lowest BCUT2D eigenvalue weighted by Crippen LogP contribution is -2.07. The molecular formula is C19H16N4O. The number of hydrogen-bond donors (Lipinski definition) is 0. The molecular weight excluding hydrogens is 300 g/mol. The molecule has 0 N–H and O–H groups in total. The Balaban J connectivity index is 1.39. The summed E-state index contributed by atoms with van der Waals surface area (Å²) in [5, 5.41) is 0. The summed E-state index contributed by atoms with van der Waals surface area (Å²) < 4.78 is 7.82. The highest BCUT2D eigenvalue weighted by Gasteiger charge is 2.03. The molecule has 0 aliphatic rings. The Morgan fingerprint density at radius 2 is 1.79 bits per heavy atom. The maximum absolute atomic E-state index is 5.74. The number of rotatable bonds is 5. The molecule has 0 amide bonds. The Bertz CT molecular complexity index is 932. The van der Waals surface area contributed by atoms with Gasteiger partial charge in [-0.05, 0) is 30.3 Å². The van der Waals surface area contributed by atoms with Gasteiger partial charge in [-0.15, -0.1) is 0 Å². The van der Waals surface area contributed by atoms with Crippen molar-refractivity contribution in [2.75, 3.05) is 6.61 Å². The van der Waals surface area contributed by atoms with Crippen LogP contribution in [0.5, 0.6) is 5.88 Å². The first-order chi connectivity index (χ1) is 11.9. The molecule has 0 aliphatic heterocycles. The minimum absolute atomic E-state index is 0.538. The number of hydrogen-bond acceptors (Lipinski definition) is 4. The molecule has 0 radical (unpaired) electrons. The molecule has 0 aliphatic carbocycles. The number of ether oxygens (including phenoxy) is 1. The Hall–Kier alpha value is -3.21. The van der Waals surface area contributed by atoms with Crippen LogP contribution in [0.4, 0.5) is 0 Å². The molecule has 0 atom stereocenters. The maximum atomic E-state index is 5.74. The van der Waals surface area contributed by atoms with Crippen molar-refractivity contribution in [2.45, 2.75) is 6.54 Å². The van der Waals surface area contributed by atoms with Crippen molar-refractivity contribution in [1.29, 1.82) is 0 Å². The molecule has 118 valence electrons. The van der Waals surface area contributed by atoms with E-state index in [1.807, 2.05) is 54.9 Å². The molecule has 0 saturated heterocycles. The van der Waals surface area contributed by atoms with E-state index in [2.05, 4.69) is 25.6 Å². The number of imidazole rings is 1. The van der Waals surface area contributed by atoms with Crippen LogP contribution in [0.15, 0.2) is 73.3 Å². The molecule has 0 unspecified atom stereocenters. The van der Waals surface area contributed by atoms with Crippen LogP contribution in [-0.4, -0.2) is 26.1 Å². The van der Waals surface area contributed by atoms with Gasteiger partial charge in [-0.25, -0.2) is 9.97 Å². The molecule has 5 nitrogen and oxygen atoms in total. The number of benzene rings is 1. The monoisotopic (exact) mass is 316 g/mol. The van der Waals surface area contributed by atoms with Crippen LogP contribution in [0.2, 0.25) is 0 Å². The molecule has 4 aromatic rings. The maximum Gasteiger partial charge on any atom is 0.213 e. The van der Waals surface area contributed by atoms with Crippen LogP contribution in [0.3, 0.4) is 0 Å². The Kier molecular flexibility index (Phi) is 3.90. The van der Waals surface area contributed by atoms with Crippen LogP contribution >= 0.6 is 0 Å². The minimum Gasteiger partial charge on any atom is -0.476 e. The third kappa shape index (κ3) is 2.96. The third-order valence-corrected chi connectivity index (χ3v) is 3.81. The van der Waals surface area contributed by atoms with E-state index in [4.69, 9.17) is 4.74 Å². The second-order valence-corrected chi connectivity index (χ2v) is 5.38. The van der Waals surface area contributed by atoms with Gasteiger partial charge in [-0.3, -0.25) is 4.98 Å². The Morgan fingerprint density at radius 1 is 0.875 bits per heavy atom. The fraction of sp³-hybridized carbons (Fsp3) is 0.105. The first-order valence-electron chi connectivity index (χ1n) is 7.80. The summed E-state index contributed by atoms with van der Waals surface area (Å²) in [5.41, 5.74) is 3.99. The molecule has 24 heavy (non-hydrogen) atoms. The number of aromatic nitrogens is 4. The average molecular weight is 316 g/mol. The predicted octanol–water partition coefficient (Wildman–Crippen LogP) is 3.57. The second kappa shape index (κ2) is 6.50. The van der Waals surface area contributed by atoms with Crippen molar-refractivity contribution in [1.82, 2.24) is 19.5 Å². The van der Waals surface area contributed by atoms with Gasteiger partial charge in [0.25, 0.3) is 0 Å². The van der Waals surface area contributed by atoms with E-state index in [0.717, 1.165) is 28.8 Å². The van der Waals surface area contributed by atoms with Crippen molar-refractivity contribution >= 4 is 11.0 Å². The Labute approximate surface area is 139 Å². The van der Waals surface area contributed by atoms with E-state index in [0.29, 0.717) is 12.5 Å². The molecule has 0 bridgehead atoms. The van der Waals surface area contributed by atoms with Crippen LogP contribution in [0, 0.1) is 0 Å². The lowest BCUT2D eigenvalue weighted by atomic mass is 10.2. The van der Waals surface area contributed by atoms with Gasteiger partial charge in [0.15, 0.2) is 0 Å². The van der Waals surface area contributed by atoms with E-state index in [1.165, 1.54) is 0 Å². The van der Waals surface area contributed by atoms with Gasteiger partial charge in [0, 0.05) is 24.0 Å². The van der Waals surface area contributed by atoms with Gasteiger partial charge >= 0.3 is 0 Å². The highest BCUT2D eigenvalue weighted by Crippen LogP contribution is 2.18. The van der Waals surface area contributed by atoms with Crippen LogP contribution in [0.25, 0.3) is 22.3 Å². The van der Waals surface area contributed by atoms with Crippen molar-refractivity contribution < 1.29 is 4.74 Å². The summed E-state index contributed by atoms with van der Waals surface area (Å²) in [7, 11) is 0. The zero-order chi connectivity index (χ0) is 16.2. The molecule has 1 aromatic carbocycles. The fourth-order valence-electron chi connectivity index (χ4n) is 2.59. The number of nitrogens with zero attached hydrogens (tertiary/aromatic N) is 4. The molecule has 0 saturated carbocycles. The molecule has 3 heterocycles. The Morgan fingerprint density at radius 3 is 2.62 bits per heavy atom. The van der Waals surface area contributed by atoms with Gasteiger partial charge in [0.05, 0.1) is 29.6 Å². The lowest BCUT2D eigenvalue weighted by Gasteiger charge is -2.07. The van der Waals surface area contributed by atoms with Crippen molar-refractivity contribution in [3.63, 3.8) is 0 Å². The quantitative estimate of drug-likeness (QED) is 0.565. The van der Waals surface area contributed by atoms with Crippen LogP contribution < -0.4 is 4.74 Å². The summed E-state index contributed by atoms with van der Waals surface area (Å²) in [5.74, 6) is 0.610.